The number of hydrogen-bond donors (Lipinski definition) is 0. The first-order chi connectivity index (χ1) is 6.79. The van der Waals surface area contributed by atoms with Gasteiger partial charge in [0.05, 0.1) is 0 Å². The summed E-state index contributed by atoms with van der Waals surface area (Å²) in [6.45, 7) is 7.25. The first kappa shape index (κ1) is 11.9. The molecular weight excluding hydrogens is 214 g/mol. The normalized spacial score (nSPS) is 11.3. The summed E-state index contributed by atoms with van der Waals surface area (Å²) >= 11 is 1.18. The molecule has 0 unspecified atom stereocenters. The van der Waals surface area contributed by atoms with Crippen molar-refractivity contribution in [2.24, 2.45) is 0 Å². The lowest BCUT2D eigenvalue weighted by atomic mass is 10.2. The van der Waals surface area contributed by atoms with Gasteiger partial charge in [0.1, 0.15) is 11.4 Å². The smallest absolute Gasteiger partial charge is 0.416 e. The highest BCUT2D eigenvalue weighted by atomic mass is 32.1. The van der Waals surface area contributed by atoms with Crippen molar-refractivity contribution >= 4 is 22.8 Å². The first-order valence-corrected chi connectivity index (χ1v) is 5.34. The molecule has 0 aliphatic rings. The second kappa shape index (κ2) is 4.14. The predicted octanol–water partition coefficient (Wildman–Crippen LogP) is 2.22. The maximum atomic E-state index is 11.6. The molecule has 0 aliphatic carbocycles. The summed E-state index contributed by atoms with van der Waals surface area (Å²) in [4.78, 5) is 17.1. The molecule has 1 aromatic rings. The molecule has 0 aromatic carbocycles. The second-order valence-electron chi connectivity index (χ2n) is 4.16. The van der Waals surface area contributed by atoms with E-state index in [2.05, 4.69) is 9.36 Å². The Morgan fingerprint density at radius 1 is 1.47 bits per heavy atom. The molecule has 0 N–H and O–H groups in total. The Morgan fingerprint density at radius 3 is 2.47 bits per heavy atom. The van der Waals surface area contributed by atoms with Gasteiger partial charge in [-0.05, 0) is 27.7 Å². The summed E-state index contributed by atoms with van der Waals surface area (Å²) in [5.41, 5.74) is -0.495. The molecule has 1 amide bonds. The molecule has 0 spiro atoms. The number of amides is 1. The zero-order valence-corrected chi connectivity index (χ0v) is 10.4. The van der Waals surface area contributed by atoms with E-state index in [1.165, 1.54) is 16.4 Å². The van der Waals surface area contributed by atoms with Crippen LogP contribution in [0, 0.1) is 6.92 Å². The van der Waals surface area contributed by atoms with Gasteiger partial charge in [-0.2, -0.15) is 4.37 Å². The number of rotatable bonds is 1. The summed E-state index contributed by atoms with van der Waals surface area (Å²) in [5, 5.41) is 0.543. The van der Waals surface area contributed by atoms with Gasteiger partial charge >= 0.3 is 6.09 Å². The Bertz CT molecular complexity index is 356. The third kappa shape index (κ3) is 3.47. The highest BCUT2D eigenvalue weighted by Gasteiger charge is 2.22. The summed E-state index contributed by atoms with van der Waals surface area (Å²) in [5.74, 6) is 0.658. The minimum Gasteiger partial charge on any atom is -0.443 e. The third-order valence-electron chi connectivity index (χ3n) is 1.47. The van der Waals surface area contributed by atoms with Crippen LogP contribution in [-0.4, -0.2) is 28.1 Å². The lowest BCUT2D eigenvalue weighted by Crippen LogP contribution is -2.34. The van der Waals surface area contributed by atoms with Crippen LogP contribution in [0.1, 0.15) is 26.6 Å². The van der Waals surface area contributed by atoms with Crippen LogP contribution in [0.25, 0.3) is 0 Å². The molecule has 1 heterocycles. The SMILES string of the molecule is Cc1nsc(N(C)C(=O)OC(C)(C)C)n1. The van der Waals surface area contributed by atoms with E-state index >= 15 is 0 Å². The van der Waals surface area contributed by atoms with E-state index in [1.54, 1.807) is 14.0 Å². The molecule has 84 valence electrons. The number of anilines is 1. The first-order valence-electron chi connectivity index (χ1n) is 4.56. The van der Waals surface area contributed by atoms with Gasteiger partial charge in [0, 0.05) is 18.6 Å². The zero-order chi connectivity index (χ0) is 11.6. The van der Waals surface area contributed by atoms with Crippen molar-refractivity contribution in [3.63, 3.8) is 0 Å². The number of aryl methyl sites for hydroxylation is 1. The molecule has 0 saturated carbocycles. The van der Waals surface area contributed by atoms with Gasteiger partial charge in [-0.15, -0.1) is 0 Å². The number of hydrogen-bond acceptors (Lipinski definition) is 5. The van der Waals surface area contributed by atoms with E-state index < -0.39 is 11.7 Å². The van der Waals surface area contributed by atoms with E-state index in [0.717, 1.165) is 0 Å². The highest BCUT2D eigenvalue weighted by molar-refractivity contribution is 7.09. The van der Waals surface area contributed by atoms with Crippen LogP contribution in [0.4, 0.5) is 9.93 Å². The Labute approximate surface area is 93.2 Å². The molecule has 1 aromatic heterocycles. The summed E-state index contributed by atoms with van der Waals surface area (Å²) in [7, 11) is 1.62. The number of carbonyl (C=O) groups is 1. The van der Waals surface area contributed by atoms with Crippen molar-refractivity contribution in [3.05, 3.63) is 5.82 Å². The summed E-state index contributed by atoms with van der Waals surface area (Å²) in [6.07, 6.45) is -0.418. The molecule has 0 bridgehead atoms. The maximum Gasteiger partial charge on any atom is 0.416 e. The van der Waals surface area contributed by atoms with Crippen LogP contribution < -0.4 is 4.90 Å². The average molecular weight is 229 g/mol. The fourth-order valence-electron chi connectivity index (χ4n) is 0.831. The van der Waals surface area contributed by atoms with Crippen molar-refractivity contribution in [2.75, 3.05) is 11.9 Å². The number of nitrogens with zero attached hydrogens (tertiary/aromatic N) is 3. The Kier molecular flexibility index (Phi) is 3.28. The van der Waals surface area contributed by atoms with Gasteiger partial charge in [0.15, 0.2) is 0 Å². The lowest BCUT2D eigenvalue weighted by Gasteiger charge is -2.22. The van der Waals surface area contributed by atoms with Crippen LogP contribution in [0.2, 0.25) is 0 Å². The molecule has 6 heteroatoms. The molecule has 0 aliphatic heterocycles. The Hall–Kier alpha value is -1.17. The Morgan fingerprint density at radius 2 is 2.07 bits per heavy atom. The topological polar surface area (TPSA) is 55.3 Å². The monoisotopic (exact) mass is 229 g/mol. The van der Waals surface area contributed by atoms with Gasteiger partial charge in [0.25, 0.3) is 0 Å². The minimum atomic E-state index is -0.495. The van der Waals surface area contributed by atoms with E-state index in [0.29, 0.717) is 11.0 Å². The van der Waals surface area contributed by atoms with Gasteiger partial charge in [-0.1, -0.05) is 0 Å². The largest absolute Gasteiger partial charge is 0.443 e. The van der Waals surface area contributed by atoms with Crippen molar-refractivity contribution in [1.29, 1.82) is 0 Å². The van der Waals surface area contributed by atoms with Gasteiger partial charge in [-0.3, -0.25) is 4.90 Å². The standard InChI is InChI=1S/C9H15N3O2S/c1-6-10-7(15-11-6)12(5)8(13)14-9(2,3)4/h1-5H3. The minimum absolute atomic E-state index is 0.418. The molecular formula is C9H15N3O2S. The molecule has 0 saturated heterocycles. The summed E-state index contributed by atoms with van der Waals surface area (Å²) < 4.78 is 9.19. The van der Waals surface area contributed by atoms with E-state index in [-0.39, 0.29) is 0 Å². The average Bonchev–Trinajstić information content (AvgIpc) is 2.47. The summed E-state index contributed by atoms with van der Waals surface area (Å²) in [6, 6.07) is 0. The van der Waals surface area contributed by atoms with Crippen LogP contribution >= 0.6 is 11.5 Å². The van der Waals surface area contributed by atoms with Crippen molar-refractivity contribution in [2.45, 2.75) is 33.3 Å². The molecule has 0 radical (unpaired) electrons. The number of carbonyl (C=O) groups excluding carboxylic acids is 1. The maximum absolute atomic E-state index is 11.6. The highest BCUT2D eigenvalue weighted by Crippen LogP contribution is 2.18. The number of aromatic nitrogens is 2. The van der Waals surface area contributed by atoms with E-state index in [1.807, 2.05) is 20.8 Å². The fraction of sp³-hybridized carbons (Fsp3) is 0.667. The van der Waals surface area contributed by atoms with E-state index in [4.69, 9.17) is 4.74 Å². The van der Waals surface area contributed by atoms with Gasteiger partial charge in [-0.25, -0.2) is 9.78 Å². The van der Waals surface area contributed by atoms with Crippen LogP contribution in [0.3, 0.4) is 0 Å². The predicted molar refractivity (Wildman–Crippen MR) is 59.3 cm³/mol. The molecule has 0 atom stereocenters. The Balaban J connectivity index is 2.69. The third-order valence-corrected chi connectivity index (χ3v) is 2.36. The lowest BCUT2D eigenvalue weighted by molar-refractivity contribution is 0.0589. The molecule has 1 rings (SSSR count). The number of ether oxygens (including phenoxy) is 1. The fourth-order valence-corrected chi connectivity index (χ4v) is 1.46. The van der Waals surface area contributed by atoms with Crippen LogP contribution in [0.15, 0.2) is 0 Å². The molecule has 5 nitrogen and oxygen atoms in total. The van der Waals surface area contributed by atoms with Crippen molar-refractivity contribution < 1.29 is 9.53 Å². The second-order valence-corrected chi connectivity index (χ2v) is 4.89. The quantitative estimate of drug-likeness (QED) is 0.741. The van der Waals surface area contributed by atoms with Crippen LogP contribution in [-0.2, 0) is 4.74 Å². The molecule has 0 fully saturated rings. The van der Waals surface area contributed by atoms with Crippen LogP contribution in [0.5, 0.6) is 0 Å². The van der Waals surface area contributed by atoms with Crippen molar-refractivity contribution in [3.8, 4) is 0 Å². The van der Waals surface area contributed by atoms with Gasteiger partial charge < -0.3 is 4.74 Å². The molecule has 15 heavy (non-hydrogen) atoms. The van der Waals surface area contributed by atoms with Gasteiger partial charge in [0.2, 0.25) is 5.13 Å². The zero-order valence-electron chi connectivity index (χ0n) is 9.57. The van der Waals surface area contributed by atoms with E-state index in [9.17, 15) is 4.79 Å². The van der Waals surface area contributed by atoms with Crippen molar-refractivity contribution in [1.82, 2.24) is 9.36 Å².